The number of fused-ring (bicyclic) bond motifs is 2. The molecule has 5 aromatic rings. The van der Waals surface area contributed by atoms with Crippen LogP contribution >= 0.6 is 0 Å². The number of aromatic nitrogens is 6. The standard InChI is InChI=1S/C23H20F2N8O/c1-3-17(32(2)22-19-20(27-11-26-19)28-12-29-22)21-30-16-6-4-5-15(25)18(16)23(34)33(21)31-14-9-7-13(24)8-10-14/h4-12,17,31H,3H2,1-2H3,(H,26,27,28,29)/t17-/m0/s1. The number of rotatable bonds is 6. The van der Waals surface area contributed by atoms with Crippen LogP contribution in [0, 0.1) is 11.6 Å². The highest BCUT2D eigenvalue weighted by molar-refractivity contribution is 5.83. The number of aromatic amines is 1. The second-order valence-electron chi connectivity index (χ2n) is 7.70. The summed E-state index contributed by atoms with van der Waals surface area (Å²) in [5.41, 5.74) is 4.17. The Kier molecular flexibility index (Phi) is 5.36. The highest BCUT2D eigenvalue weighted by atomic mass is 19.1. The first-order chi connectivity index (χ1) is 16.5. The zero-order valence-electron chi connectivity index (χ0n) is 18.3. The molecule has 0 aliphatic heterocycles. The lowest BCUT2D eigenvalue weighted by atomic mass is 10.1. The van der Waals surface area contributed by atoms with Crippen molar-refractivity contribution in [2.45, 2.75) is 19.4 Å². The van der Waals surface area contributed by atoms with Crippen LogP contribution in [0.3, 0.4) is 0 Å². The average molecular weight is 462 g/mol. The van der Waals surface area contributed by atoms with E-state index in [-0.39, 0.29) is 10.9 Å². The number of anilines is 2. The number of benzene rings is 2. The maximum atomic E-state index is 14.6. The predicted molar refractivity (Wildman–Crippen MR) is 125 cm³/mol. The van der Waals surface area contributed by atoms with Crippen LogP contribution in [0.2, 0.25) is 0 Å². The maximum absolute atomic E-state index is 14.6. The third kappa shape index (κ3) is 3.60. The summed E-state index contributed by atoms with van der Waals surface area (Å²) in [6.45, 7) is 1.94. The van der Waals surface area contributed by atoms with Gasteiger partial charge in [0.05, 0.1) is 23.6 Å². The summed E-state index contributed by atoms with van der Waals surface area (Å²) in [6, 6.07) is 9.36. The molecular weight excluding hydrogens is 442 g/mol. The summed E-state index contributed by atoms with van der Waals surface area (Å²) < 4.78 is 29.3. The minimum absolute atomic E-state index is 0.143. The first-order valence-electron chi connectivity index (χ1n) is 10.6. The van der Waals surface area contributed by atoms with Crippen LogP contribution in [-0.2, 0) is 0 Å². The van der Waals surface area contributed by atoms with Crippen LogP contribution in [0.1, 0.15) is 25.2 Å². The van der Waals surface area contributed by atoms with Gasteiger partial charge in [0.1, 0.15) is 28.9 Å². The molecule has 0 fully saturated rings. The van der Waals surface area contributed by atoms with Gasteiger partial charge in [0.15, 0.2) is 17.3 Å². The fourth-order valence-corrected chi connectivity index (χ4v) is 3.98. The Hall–Kier alpha value is -4.41. The van der Waals surface area contributed by atoms with Crippen LogP contribution in [0.15, 0.2) is 59.9 Å². The minimum Gasteiger partial charge on any atom is -0.347 e. The fraction of sp³-hybridized carbons (Fsp3) is 0.174. The molecule has 172 valence electrons. The number of H-pyrrole nitrogens is 1. The van der Waals surface area contributed by atoms with Crippen molar-refractivity contribution in [3.05, 3.63) is 82.9 Å². The molecule has 0 radical (unpaired) electrons. The molecule has 2 aromatic carbocycles. The molecule has 5 rings (SSSR count). The van der Waals surface area contributed by atoms with Gasteiger partial charge < -0.3 is 9.88 Å². The minimum atomic E-state index is -0.674. The van der Waals surface area contributed by atoms with Crippen molar-refractivity contribution < 1.29 is 8.78 Å². The van der Waals surface area contributed by atoms with Crippen LogP contribution in [0.4, 0.5) is 20.3 Å². The van der Waals surface area contributed by atoms with E-state index in [2.05, 4.69) is 30.3 Å². The summed E-state index contributed by atoms with van der Waals surface area (Å²) in [7, 11) is 1.81. The van der Waals surface area contributed by atoms with E-state index in [4.69, 9.17) is 0 Å². The largest absolute Gasteiger partial charge is 0.347 e. The monoisotopic (exact) mass is 462 g/mol. The van der Waals surface area contributed by atoms with Crippen LogP contribution in [0.5, 0.6) is 0 Å². The van der Waals surface area contributed by atoms with E-state index in [0.29, 0.717) is 34.9 Å². The van der Waals surface area contributed by atoms with Gasteiger partial charge in [-0.25, -0.2) is 33.4 Å². The number of hydrogen-bond donors (Lipinski definition) is 2. The quantitative estimate of drug-likeness (QED) is 0.395. The predicted octanol–water partition coefficient (Wildman–Crippen LogP) is 3.80. The molecule has 1 atom stereocenters. The molecule has 0 saturated heterocycles. The van der Waals surface area contributed by atoms with Crippen molar-refractivity contribution in [3.63, 3.8) is 0 Å². The van der Waals surface area contributed by atoms with Crippen molar-refractivity contribution in [2.75, 3.05) is 17.4 Å². The molecule has 0 spiro atoms. The highest BCUT2D eigenvalue weighted by Crippen LogP contribution is 2.30. The molecular formula is C23H20F2N8O. The highest BCUT2D eigenvalue weighted by Gasteiger charge is 2.26. The second kappa shape index (κ2) is 8.50. The van der Waals surface area contributed by atoms with E-state index in [1.807, 2.05) is 18.9 Å². The van der Waals surface area contributed by atoms with Crippen molar-refractivity contribution in [1.29, 1.82) is 0 Å². The van der Waals surface area contributed by atoms with E-state index < -0.39 is 23.2 Å². The van der Waals surface area contributed by atoms with Crippen molar-refractivity contribution in [3.8, 4) is 0 Å². The lowest BCUT2D eigenvalue weighted by Crippen LogP contribution is -2.37. The van der Waals surface area contributed by atoms with Gasteiger partial charge in [-0.3, -0.25) is 10.2 Å². The molecule has 0 saturated carbocycles. The van der Waals surface area contributed by atoms with Crippen LogP contribution in [-0.4, -0.2) is 36.6 Å². The molecule has 34 heavy (non-hydrogen) atoms. The lowest BCUT2D eigenvalue weighted by Gasteiger charge is -2.30. The average Bonchev–Trinajstić information content (AvgIpc) is 3.32. The van der Waals surface area contributed by atoms with Gasteiger partial charge in [0.25, 0.3) is 5.56 Å². The summed E-state index contributed by atoms with van der Waals surface area (Å²) in [6.07, 6.45) is 3.48. The van der Waals surface area contributed by atoms with Gasteiger partial charge in [-0.05, 0) is 42.8 Å². The topological polar surface area (TPSA) is 105 Å². The van der Waals surface area contributed by atoms with Crippen LogP contribution < -0.4 is 15.9 Å². The van der Waals surface area contributed by atoms with Crippen molar-refractivity contribution in [1.82, 2.24) is 29.6 Å². The molecule has 0 aliphatic carbocycles. The Labute approximate surface area is 192 Å². The molecule has 0 amide bonds. The number of imidazole rings is 1. The smallest absolute Gasteiger partial charge is 0.283 e. The first kappa shape index (κ1) is 21.4. The number of nitrogens with zero attached hydrogens (tertiary/aromatic N) is 6. The molecule has 0 bridgehead atoms. The summed E-state index contributed by atoms with van der Waals surface area (Å²) in [4.78, 5) is 35.8. The van der Waals surface area contributed by atoms with E-state index in [1.54, 1.807) is 6.07 Å². The number of hydrogen-bond acceptors (Lipinski definition) is 7. The summed E-state index contributed by atoms with van der Waals surface area (Å²) >= 11 is 0. The summed E-state index contributed by atoms with van der Waals surface area (Å²) in [5.74, 6) is -0.217. The SMILES string of the molecule is CC[C@@H](c1nc2cccc(F)c2c(=O)n1Nc1ccc(F)cc1)N(C)c1ncnc2[nH]cnc12. The van der Waals surface area contributed by atoms with Gasteiger partial charge in [-0.2, -0.15) is 0 Å². The summed E-state index contributed by atoms with van der Waals surface area (Å²) in [5, 5.41) is -0.143. The van der Waals surface area contributed by atoms with Crippen molar-refractivity contribution >= 4 is 33.6 Å². The Morgan fingerprint density at radius 2 is 1.91 bits per heavy atom. The number of nitrogens with one attached hydrogen (secondary N) is 2. The third-order valence-corrected chi connectivity index (χ3v) is 5.64. The zero-order chi connectivity index (χ0) is 23.8. The van der Waals surface area contributed by atoms with E-state index in [0.717, 1.165) is 0 Å². The molecule has 0 unspecified atom stereocenters. The lowest BCUT2D eigenvalue weighted by molar-refractivity contribution is 0.570. The first-order valence-corrected chi connectivity index (χ1v) is 10.6. The van der Waals surface area contributed by atoms with Crippen molar-refractivity contribution in [2.24, 2.45) is 0 Å². The Balaban J connectivity index is 1.70. The molecule has 9 nitrogen and oxygen atoms in total. The van der Waals surface area contributed by atoms with Gasteiger partial charge in [0.2, 0.25) is 0 Å². The van der Waals surface area contributed by atoms with Crippen LogP contribution in [0.25, 0.3) is 22.1 Å². The zero-order valence-corrected chi connectivity index (χ0v) is 18.3. The van der Waals surface area contributed by atoms with E-state index in [1.165, 1.54) is 53.7 Å². The van der Waals surface area contributed by atoms with Gasteiger partial charge >= 0.3 is 0 Å². The Morgan fingerprint density at radius 3 is 2.68 bits per heavy atom. The molecule has 2 N–H and O–H groups in total. The molecule has 11 heteroatoms. The molecule has 3 aromatic heterocycles. The Morgan fingerprint density at radius 1 is 1.12 bits per heavy atom. The fourth-order valence-electron chi connectivity index (χ4n) is 3.98. The van der Waals surface area contributed by atoms with Gasteiger partial charge in [-0.1, -0.05) is 13.0 Å². The van der Waals surface area contributed by atoms with Gasteiger partial charge in [-0.15, -0.1) is 0 Å². The van der Waals surface area contributed by atoms with Gasteiger partial charge in [0, 0.05) is 7.05 Å². The molecule has 3 heterocycles. The second-order valence-corrected chi connectivity index (χ2v) is 7.70. The number of halogens is 2. The third-order valence-electron chi connectivity index (χ3n) is 5.64. The Bertz CT molecular complexity index is 1550. The van der Waals surface area contributed by atoms with E-state index in [9.17, 15) is 13.6 Å². The van der Waals surface area contributed by atoms with E-state index >= 15 is 0 Å². The molecule has 0 aliphatic rings. The normalized spacial score (nSPS) is 12.2. The maximum Gasteiger partial charge on any atom is 0.283 e.